The lowest BCUT2D eigenvalue weighted by atomic mass is 9.67. The number of imidazole rings is 1. The van der Waals surface area contributed by atoms with Gasteiger partial charge in [-0.1, -0.05) is 19.4 Å². The molecule has 4 heteroatoms. The van der Waals surface area contributed by atoms with Gasteiger partial charge in [0, 0.05) is 6.54 Å². The molecule has 21 heavy (non-hydrogen) atoms. The minimum Gasteiger partial charge on any atom is -0.492 e. The van der Waals surface area contributed by atoms with Gasteiger partial charge in [0.1, 0.15) is 17.1 Å². The largest absolute Gasteiger partial charge is 0.492 e. The van der Waals surface area contributed by atoms with Crippen molar-refractivity contribution in [3.63, 3.8) is 0 Å². The van der Waals surface area contributed by atoms with E-state index in [0.717, 1.165) is 29.2 Å². The normalized spacial score (nSPS) is 16.9. The van der Waals surface area contributed by atoms with Crippen LogP contribution in [0, 0.1) is 5.41 Å². The Balaban J connectivity index is 2.06. The number of para-hydroxylation sites is 1. The fraction of sp³-hybridized carbons (Fsp3) is 0.588. The number of ether oxygens (including phenoxy) is 1. The summed E-state index contributed by atoms with van der Waals surface area (Å²) in [5, 5.41) is 0. The van der Waals surface area contributed by atoms with Gasteiger partial charge in [0.05, 0.1) is 18.0 Å². The molecule has 0 amide bonds. The fourth-order valence-corrected chi connectivity index (χ4v) is 3.56. The van der Waals surface area contributed by atoms with E-state index in [4.69, 9.17) is 21.3 Å². The molecule has 0 unspecified atom stereocenters. The van der Waals surface area contributed by atoms with Gasteiger partial charge < -0.3 is 9.30 Å². The Morgan fingerprint density at radius 3 is 2.71 bits per heavy atom. The number of nitrogens with zero attached hydrogens (tertiary/aromatic N) is 2. The van der Waals surface area contributed by atoms with Crippen LogP contribution in [0.2, 0.25) is 0 Å². The molecule has 1 aromatic heterocycles. The van der Waals surface area contributed by atoms with Crippen molar-refractivity contribution in [1.29, 1.82) is 0 Å². The summed E-state index contributed by atoms with van der Waals surface area (Å²) in [7, 11) is 0. The number of benzene rings is 1. The van der Waals surface area contributed by atoms with Crippen molar-refractivity contribution >= 4 is 22.6 Å². The fourth-order valence-electron chi connectivity index (χ4n) is 3.36. The number of halogens is 1. The zero-order valence-corrected chi connectivity index (χ0v) is 13.6. The van der Waals surface area contributed by atoms with E-state index in [-0.39, 0.29) is 0 Å². The number of hydrogen-bond acceptors (Lipinski definition) is 2. The topological polar surface area (TPSA) is 27.1 Å². The molecule has 0 aliphatic heterocycles. The van der Waals surface area contributed by atoms with Crippen LogP contribution in [0.25, 0.3) is 11.0 Å². The van der Waals surface area contributed by atoms with Crippen LogP contribution >= 0.6 is 11.6 Å². The summed E-state index contributed by atoms with van der Waals surface area (Å²) in [4.78, 5) is 4.73. The van der Waals surface area contributed by atoms with Gasteiger partial charge in [0.25, 0.3) is 0 Å². The third-order valence-electron chi connectivity index (χ3n) is 4.90. The minimum atomic E-state index is 0.441. The van der Waals surface area contributed by atoms with Crippen molar-refractivity contribution in [2.75, 3.05) is 6.61 Å². The molecular weight excluding hydrogens is 284 g/mol. The average Bonchev–Trinajstić information content (AvgIpc) is 2.82. The lowest BCUT2D eigenvalue weighted by Gasteiger charge is -2.42. The van der Waals surface area contributed by atoms with E-state index in [1.165, 1.54) is 25.7 Å². The molecule has 0 N–H and O–H groups in total. The number of fused-ring (bicyclic) bond motifs is 1. The maximum atomic E-state index is 6.14. The smallest absolute Gasteiger partial charge is 0.147 e. The average molecular weight is 307 g/mol. The van der Waals surface area contributed by atoms with Crippen molar-refractivity contribution in [2.45, 2.75) is 52.0 Å². The number of hydrogen-bond donors (Lipinski definition) is 0. The van der Waals surface area contributed by atoms with Gasteiger partial charge in [-0.05, 0) is 43.7 Å². The predicted octanol–water partition coefficient (Wildman–Crippen LogP) is 4.75. The first kappa shape index (κ1) is 14.7. The van der Waals surface area contributed by atoms with Crippen LogP contribution in [0.4, 0.5) is 0 Å². The van der Waals surface area contributed by atoms with Crippen molar-refractivity contribution < 1.29 is 4.74 Å². The first-order chi connectivity index (χ1) is 10.2. The molecule has 0 bridgehead atoms. The van der Waals surface area contributed by atoms with Gasteiger partial charge >= 0.3 is 0 Å². The molecule has 0 saturated heterocycles. The van der Waals surface area contributed by atoms with Crippen molar-refractivity contribution in [2.24, 2.45) is 5.41 Å². The molecule has 3 rings (SSSR count). The molecule has 0 radical (unpaired) electrons. The van der Waals surface area contributed by atoms with E-state index in [0.29, 0.717) is 17.9 Å². The van der Waals surface area contributed by atoms with Gasteiger partial charge in [-0.2, -0.15) is 0 Å². The molecule has 1 saturated carbocycles. The van der Waals surface area contributed by atoms with Gasteiger partial charge in [0.15, 0.2) is 0 Å². The first-order valence-corrected chi connectivity index (χ1v) is 8.43. The second-order valence-corrected chi connectivity index (χ2v) is 6.28. The first-order valence-electron chi connectivity index (χ1n) is 7.90. The summed E-state index contributed by atoms with van der Waals surface area (Å²) >= 11 is 6.14. The van der Waals surface area contributed by atoms with Crippen LogP contribution in [0.3, 0.4) is 0 Å². The van der Waals surface area contributed by atoms with Crippen molar-refractivity contribution in [3.8, 4) is 5.75 Å². The van der Waals surface area contributed by atoms with E-state index in [1.54, 1.807) is 0 Å². The zero-order chi connectivity index (χ0) is 14.9. The summed E-state index contributed by atoms with van der Waals surface area (Å²) in [6.07, 6.45) is 5.20. The van der Waals surface area contributed by atoms with Crippen LogP contribution < -0.4 is 4.74 Å². The zero-order valence-electron chi connectivity index (χ0n) is 12.9. The second-order valence-electron chi connectivity index (χ2n) is 6.01. The van der Waals surface area contributed by atoms with E-state index in [9.17, 15) is 0 Å². The Hall–Kier alpha value is -1.22. The van der Waals surface area contributed by atoms with E-state index < -0.39 is 0 Å². The lowest BCUT2D eigenvalue weighted by molar-refractivity contribution is 0.101. The monoisotopic (exact) mass is 306 g/mol. The standard InChI is InChI=1S/C17H23ClN2O/c1-3-17(9-6-10-17)12-20-13-7-5-8-14(21-4-2)16(13)19-15(20)11-18/h5,7-8H,3-4,6,9-12H2,1-2H3. The molecule has 0 atom stereocenters. The molecule has 1 aliphatic carbocycles. The van der Waals surface area contributed by atoms with Crippen LogP contribution in [0.15, 0.2) is 18.2 Å². The van der Waals surface area contributed by atoms with Crippen molar-refractivity contribution in [1.82, 2.24) is 9.55 Å². The Morgan fingerprint density at radius 1 is 1.33 bits per heavy atom. The van der Waals surface area contributed by atoms with Crippen LogP contribution in [0.5, 0.6) is 5.75 Å². The van der Waals surface area contributed by atoms with Crippen molar-refractivity contribution in [3.05, 3.63) is 24.0 Å². The molecule has 114 valence electrons. The molecule has 1 aliphatic rings. The van der Waals surface area contributed by atoms with Gasteiger partial charge in [-0.3, -0.25) is 0 Å². The molecular formula is C17H23ClN2O. The van der Waals surface area contributed by atoms with E-state index in [2.05, 4.69) is 17.6 Å². The SMILES string of the molecule is CCOc1cccc2c1nc(CCl)n2CC1(CC)CCC1. The third-order valence-corrected chi connectivity index (χ3v) is 5.14. The number of alkyl halides is 1. The number of rotatable bonds is 6. The predicted molar refractivity (Wildman–Crippen MR) is 87.0 cm³/mol. The highest BCUT2D eigenvalue weighted by Crippen LogP contribution is 2.46. The third kappa shape index (κ3) is 2.52. The maximum absolute atomic E-state index is 6.14. The number of aromatic nitrogens is 2. The van der Waals surface area contributed by atoms with Crippen LogP contribution in [-0.4, -0.2) is 16.2 Å². The lowest BCUT2D eigenvalue weighted by Crippen LogP contribution is -2.33. The summed E-state index contributed by atoms with van der Waals surface area (Å²) in [5.74, 6) is 2.26. The summed E-state index contributed by atoms with van der Waals surface area (Å²) < 4.78 is 8.02. The molecule has 0 spiro atoms. The second kappa shape index (κ2) is 5.88. The summed E-state index contributed by atoms with van der Waals surface area (Å²) in [6.45, 7) is 5.97. The van der Waals surface area contributed by atoms with E-state index >= 15 is 0 Å². The highest BCUT2D eigenvalue weighted by atomic mass is 35.5. The Bertz CT molecular complexity index is 625. The maximum Gasteiger partial charge on any atom is 0.147 e. The Labute approximate surface area is 131 Å². The van der Waals surface area contributed by atoms with Crippen LogP contribution in [-0.2, 0) is 12.4 Å². The van der Waals surface area contributed by atoms with E-state index in [1.807, 2.05) is 19.1 Å². The quantitative estimate of drug-likeness (QED) is 0.720. The molecule has 2 aromatic rings. The highest BCUT2D eigenvalue weighted by Gasteiger charge is 2.36. The summed E-state index contributed by atoms with van der Waals surface area (Å²) in [6, 6.07) is 6.16. The van der Waals surface area contributed by atoms with Crippen LogP contribution in [0.1, 0.15) is 45.4 Å². The van der Waals surface area contributed by atoms with Gasteiger partial charge in [-0.25, -0.2) is 4.98 Å². The van der Waals surface area contributed by atoms with Gasteiger partial charge in [0.2, 0.25) is 0 Å². The molecule has 1 aromatic carbocycles. The van der Waals surface area contributed by atoms with Gasteiger partial charge in [-0.15, -0.1) is 11.6 Å². The Kier molecular flexibility index (Phi) is 4.12. The summed E-state index contributed by atoms with van der Waals surface area (Å²) in [5.41, 5.74) is 2.53. The minimum absolute atomic E-state index is 0.441. The molecule has 1 fully saturated rings. The molecule has 3 nitrogen and oxygen atoms in total. The molecule has 1 heterocycles. The highest BCUT2D eigenvalue weighted by molar-refractivity contribution is 6.16. The Morgan fingerprint density at radius 2 is 2.14 bits per heavy atom.